The lowest BCUT2D eigenvalue weighted by atomic mass is 10.2. The number of nitrogens with one attached hydrogen (secondary N) is 1. The zero-order chi connectivity index (χ0) is 7.68. The van der Waals surface area contributed by atoms with Gasteiger partial charge in [0, 0.05) is 23.7 Å². The number of halogens is 2. The molecule has 0 atom stereocenters. The maximum Gasteiger partial charge on any atom is 0.137 e. The summed E-state index contributed by atoms with van der Waals surface area (Å²) in [6.45, 7) is 0. The minimum absolute atomic E-state index is 0. The number of pyridine rings is 1. The molecule has 0 radical (unpaired) electrons. The van der Waals surface area contributed by atoms with E-state index in [2.05, 4.69) is 9.97 Å². The Kier molecular flexibility index (Phi) is 2.95. The summed E-state index contributed by atoms with van der Waals surface area (Å²) in [5, 5.41) is 1.11. The van der Waals surface area contributed by atoms with Crippen molar-refractivity contribution in [2.75, 3.05) is 0 Å². The first kappa shape index (κ1) is 9.36. The number of hydrogen-bond acceptors (Lipinski definition) is 1. The van der Waals surface area contributed by atoms with Crippen LogP contribution in [0.4, 0.5) is 0 Å². The Bertz CT molecular complexity index is 370. The minimum Gasteiger partial charge on any atom is -0.346 e. The second-order valence-corrected chi connectivity index (χ2v) is 2.61. The molecule has 0 aliphatic heterocycles. The molecule has 12 heavy (non-hydrogen) atoms. The summed E-state index contributed by atoms with van der Waals surface area (Å²) < 4.78 is 0. The maximum absolute atomic E-state index is 5.72. The van der Waals surface area contributed by atoms with Crippen LogP contribution in [0.5, 0.6) is 0 Å². The van der Waals surface area contributed by atoms with Crippen molar-refractivity contribution in [2.45, 2.75) is 5.88 Å². The molecular formula is C8H8Cl2N2. The van der Waals surface area contributed by atoms with Crippen LogP contribution in [0.1, 0.15) is 5.56 Å². The van der Waals surface area contributed by atoms with Crippen LogP contribution in [0, 0.1) is 0 Å². The van der Waals surface area contributed by atoms with Crippen LogP contribution in [0.3, 0.4) is 0 Å². The third-order valence-electron chi connectivity index (χ3n) is 1.69. The highest BCUT2D eigenvalue weighted by Crippen LogP contribution is 2.16. The first-order chi connectivity index (χ1) is 5.42. The van der Waals surface area contributed by atoms with Gasteiger partial charge in [0.15, 0.2) is 0 Å². The Morgan fingerprint density at radius 1 is 1.42 bits per heavy atom. The molecule has 2 aromatic heterocycles. The predicted molar refractivity (Wildman–Crippen MR) is 52.9 cm³/mol. The van der Waals surface area contributed by atoms with Crippen LogP contribution >= 0.6 is 24.0 Å². The quantitative estimate of drug-likeness (QED) is 0.709. The number of aromatic nitrogens is 2. The molecule has 2 rings (SSSR count). The average Bonchev–Trinajstić information content (AvgIpc) is 2.50. The third kappa shape index (κ3) is 1.40. The minimum atomic E-state index is 0. The molecule has 0 saturated carbocycles. The molecule has 0 fully saturated rings. The van der Waals surface area contributed by atoms with Gasteiger partial charge in [-0.2, -0.15) is 0 Å². The van der Waals surface area contributed by atoms with E-state index < -0.39 is 0 Å². The van der Waals surface area contributed by atoms with Crippen LogP contribution in [0.25, 0.3) is 11.0 Å². The van der Waals surface area contributed by atoms with Gasteiger partial charge < -0.3 is 4.98 Å². The van der Waals surface area contributed by atoms with E-state index in [0.717, 1.165) is 16.6 Å². The summed E-state index contributed by atoms with van der Waals surface area (Å²) in [5.41, 5.74) is 2.03. The van der Waals surface area contributed by atoms with Gasteiger partial charge in [-0.15, -0.1) is 24.0 Å². The Morgan fingerprint density at radius 3 is 3.00 bits per heavy atom. The molecule has 4 heteroatoms. The van der Waals surface area contributed by atoms with E-state index in [1.807, 2.05) is 18.3 Å². The number of alkyl halides is 1. The molecule has 0 spiro atoms. The number of hydrogen-bond donors (Lipinski definition) is 1. The van der Waals surface area contributed by atoms with Gasteiger partial charge in [0.25, 0.3) is 0 Å². The molecule has 2 nitrogen and oxygen atoms in total. The molecule has 0 bridgehead atoms. The van der Waals surface area contributed by atoms with E-state index in [0.29, 0.717) is 5.88 Å². The van der Waals surface area contributed by atoms with Gasteiger partial charge in [-0.1, -0.05) is 0 Å². The molecule has 2 heterocycles. The van der Waals surface area contributed by atoms with Crippen molar-refractivity contribution in [2.24, 2.45) is 0 Å². The molecule has 0 aliphatic carbocycles. The topological polar surface area (TPSA) is 28.7 Å². The molecule has 0 saturated heterocycles. The van der Waals surface area contributed by atoms with Gasteiger partial charge in [0.05, 0.1) is 0 Å². The summed E-state index contributed by atoms with van der Waals surface area (Å²) in [5.74, 6) is 0.539. The first-order valence-corrected chi connectivity index (χ1v) is 3.92. The molecule has 0 unspecified atom stereocenters. The number of fused-ring (bicyclic) bond motifs is 1. The fraction of sp³-hybridized carbons (Fsp3) is 0.125. The number of aromatic amines is 1. The molecule has 64 valence electrons. The third-order valence-corrected chi connectivity index (χ3v) is 1.98. The van der Waals surface area contributed by atoms with Crippen LogP contribution in [-0.4, -0.2) is 9.97 Å². The van der Waals surface area contributed by atoms with Gasteiger partial charge in [-0.3, -0.25) is 0 Å². The van der Waals surface area contributed by atoms with Gasteiger partial charge >= 0.3 is 0 Å². The largest absolute Gasteiger partial charge is 0.346 e. The van der Waals surface area contributed by atoms with Crippen LogP contribution < -0.4 is 0 Å². The van der Waals surface area contributed by atoms with E-state index in [9.17, 15) is 0 Å². The number of rotatable bonds is 1. The normalized spacial score (nSPS) is 9.75. The van der Waals surface area contributed by atoms with Crippen molar-refractivity contribution in [1.82, 2.24) is 9.97 Å². The summed E-state index contributed by atoms with van der Waals surface area (Å²) >= 11 is 5.72. The molecule has 2 aromatic rings. The van der Waals surface area contributed by atoms with Crippen molar-refractivity contribution in [3.05, 3.63) is 30.1 Å². The summed E-state index contributed by atoms with van der Waals surface area (Å²) in [6.07, 6.45) is 3.63. The van der Waals surface area contributed by atoms with Crippen LogP contribution in [-0.2, 0) is 5.88 Å². The van der Waals surface area contributed by atoms with E-state index >= 15 is 0 Å². The van der Waals surface area contributed by atoms with Crippen molar-refractivity contribution in [1.29, 1.82) is 0 Å². The highest BCUT2D eigenvalue weighted by Gasteiger charge is 1.99. The molecule has 0 aromatic carbocycles. The summed E-state index contributed by atoms with van der Waals surface area (Å²) in [4.78, 5) is 7.16. The smallest absolute Gasteiger partial charge is 0.137 e. The van der Waals surface area contributed by atoms with Crippen molar-refractivity contribution >= 4 is 35.0 Å². The maximum atomic E-state index is 5.72. The molecule has 0 aliphatic rings. The Morgan fingerprint density at radius 2 is 2.25 bits per heavy atom. The molecule has 1 N–H and O–H groups in total. The Labute approximate surface area is 81.4 Å². The average molecular weight is 203 g/mol. The van der Waals surface area contributed by atoms with E-state index in [-0.39, 0.29) is 12.4 Å². The van der Waals surface area contributed by atoms with E-state index in [4.69, 9.17) is 11.6 Å². The predicted octanol–water partition coefficient (Wildman–Crippen LogP) is 2.72. The SMILES string of the molecule is Cl.ClCc1ccnc2[nH]ccc12. The van der Waals surface area contributed by atoms with Crippen molar-refractivity contribution < 1.29 is 0 Å². The fourth-order valence-electron chi connectivity index (χ4n) is 1.13. The summed E-state index contributed by atoms with van der Waals surface area (Å²) in [7, 11) is 0. The lowest BCUT2D eigenvalue weighted by molar-refractivity contribution is 1.30. The fourth-order valence-corrected chi connectivity index (χ4v) is 1.37. The van der Waals surface area contributed by atoms with E-state index in [1.54, 1.807) is 6.20 Å². The van der Waals surface area contributed by atoms with E-state index in [1.165, 1.54) is 0 Å². The van der Waals surface area contributed by atoms with Gasteiger partial charge in [-0.25, -0.2) is 4.98 Å². The summed E-state index contributed by atoms with van der Waals surface area (Å²) in [6, 6.07) is 3.92. The molecular weight excluding hydrogens is 195 g/mol. The zero-order valence-corrected chi connectivity index (χ0v) is 7.82. The monoisotopic (exact) mass is 202 g/mol. The number of nitrogens with zero attached hydrogens (tertiary/aromatic N) is 1. The van der Waals surface area contributed by atoms with Crippen molar-refractivity contribution in [3.63, 3.8) is 0 Å². The highest BCUT2D eigenvalue weighted by molar-refractivity contribution is 6.17. The zero-order valence-electron chi connectivity index (χ0n) is 6.25. The van der Waals surface area contributed by atoms with Crippen LogP contribution in [0.2, 0.25) is 0 Å². The Hall–Kier alpha value is -0.730. The van der Waals surface area contributed by atoms with Crippen molar-refractivity contribution in [3.8, 4) is 0 Å². The van der Waals surface area contributed by atoms with Gasteiger partial charge in [-0.05, 0) is 17.7 Å². The lowest BCUT2D eigenvalue weighted by Gasteiger charge is -1.94. The standard InChI is InChI=1S/C8H7ClN2.ClH/c9-5-6-1-3-10-8-7(6)2-4-11-8;/h1-4H,5H2,(H,10,11);1H. The van der Waals surface area contributed by atoms with Gasteiger partial charge in [0.2, 0.25) is 0 Å². The second kappa shape index (κ2) is 3.78. The lowest BCUT2D eigenvalue weighted by Crippen LogP contribution is -1.81. The van der Waals surface area contributed by atoms with Gasteiger partial charge in [0.1, 0.15) is 5.65 Å². The first-order valence-electron chi connectivity index (χ1n) is 3.39. The van der Waals surface area contributed by atoms with Crippen LogP contribution in [0.15, 0.2) is 24.5 Å². The highest BCUT2D eigenvalue weighted by atomic mass is 35.5. The number of H-pyrrole nitrogens is 1. The molecule has 0 amide bonds. The second-order valence-electron chi connectivity index (χ2n) is 2.34. The Balaban J connectivity index is 0.000000720.